The number of ether oxygens (including phenoxy) is 2. The second-order valence-electron chi connectivity index (χ2n) is 5.60. The Kier molecular flexibility index (Phi) is 5.81. The summed E-state index contributed by atoms with van der Waals surface area (Å²) in [4.78, 5) is 23.5. The maximum atomic E-state index is 14.4. The molecule has 1 heterocycles. The molecule has 0 bridgehead atoms. The van der Waals surface area contributed by atoms with Crippen LogP contribution < -0.4 is 5.32 Å². The lowest BCUT2D eigenvalue weighted by atomic mass is 10.2. The number of hydrogen-bond acceptors (Lipinski definition) is 5. The third-order valence-corrected chi connectivity index (χ3v) is 3.66. The summed E-state index contributed by atoms with van der Waals surface area (Å²) >= 11 is 0. The van der Waals surface area contributed by atoms with Crippen molar-refractivity contribution in [1.82, 2.24) is 9.78 Å². The summed E-state index contributed by atoms with van der Waals surface area (Å²) in [5.41, 5.74) is 1.30. The summed E-state index contributed by atoms with van der Waals surface area (Å²) in [6, 6.07) is 13.2. The second-order valence-corrected chi connectivity index (χ2v) is 5.60. The van der Waals surface area contributed by atoms with Gasteiger partial charge < -0.3 is 9.47 Å². The number of aromatic nitrogens is 2. The van der Waals surface area contributed by atoms with Crippen LogP contribution in [0.5, 0.6) is 0 Å². The number of anilines is 1. The molecule has 1 N–H and O–H groups in total. The highest BCUT2D eigenvalue weighted by molar-refractivity contribution is 5.89. The maximum absolute atomic E-state index is 14.4. The molecule has 8 heteroatoms. The van der Waals surface area contributed by atoms with Crippen molar-refractivity contribution >= 4 is 17.7 Å². The predicted octanol–water partition coefficient (Wildman–Crippen LogP) is 4.06. The quantitative estimate of drug-likeness (QED) is 0.514. The van der Waals surface area contributed by atoms with Crippen LogP contribution in [-0.4, -0.2) is 21.8 Å². The lowest BCUT2D eigenvalue weighted by Crippen LogP contribution is -2.14. The normalized spacial score (nSPS) is 10.2. The van der Waals surface area contributed by atoms with Gasteiger partial charge in [-0.25, -0.2) is 18.7 Å². The molecule has 0 saturated heterocycles. The van der Waals surface area contributed by atoms with Crippen LogP contribution in [0.1, 0.15) is 15.9 Å². The van der Waals surface area contributed by atoms with Gasteiger partial charge in [0.25, 0.3) is 0 Å². The molecule has 28 heavy (non-hydrogen) atoms. The van der Waals surface area contributed by atoms with Gasteiger partial charge in [0.05, 0.1) is 18.0 Å². The van der Waals surface area contributed by atoms with Gasteiger partial charge in [-0.15, -0.1) is 0 Å². The molecule has 142 valence electrons. The Morgan fingerprint density at radius 1 is 1.21 bits per heavy atom. The van der Waals surface area contributed by atoms with Crippen molar-refractivity contribution in [3.05, 3.63) is 90.7 Å². The average molecular weight is 381 g/mol. The van der Waals surface area contributed by atoms with Crippen LogP contribution in [-0.2, 0) is 16.1 Å². The Morgan fingerprint density at radius 2 is 2.00 bits per heavy atom. The summed E-state index contributed by atoms with van der Waals surface area (Å²) in [6.07, 6.45) is 2.87. The van der Waals surface area contributed by atoms with Crippen molar-refractivity contribution in [2.45, 2.75) is 6.61 Å². The lowest BCUT2D eigenvalue weighted by molar-refractivity contribution is 0.0664. The second kappa shape index (κ2) is 8.63. The van der Waals surface area contributed by atoms with E-state index < -0.39 is 17.9 Å². The first-order valence-electron chi connectivity index (χ1n) is 8.21. The lowest BCUT2D eigenvalue weighted by Gasteiger charge is -2.09. The molecular formula is C20H16FN3O4. The van der Waals surface area contributed by atoms with E-state index in [1.807, 2.05) is 30.3 Å². The number of carbonyl (C=O) groups is 2. The van der Waals surface area contributed by atoms with Crippen LogP contribution in [0.25, 0.3) is 5.69 Å². The molecule has 1 aromatic heterocycles. The fourth-order valence-corrected chi connectivity index (χ4v) is 2.35. The molecule has 0 aliphatic carbocycles. The summed E-state index contributed by atoms with van der Waals surface area (Å²) in [5.74, 6) is -1.30. The van der Waals surface area contributed by atoms with E-state index in [0.29, 0.717) is 0 Å². The predicted molar refractivity (Wildman–Crippen MR) is 99.4 cm³/mol. The highest BCUT2D eigenvalue weighted by atomic mass is 19.1. The van der Waals surface area contributed by atoms with Gasteiger partial charge in [-0.3, -0.25) is 5.32 Å². The minimum absolute atomic E-state index is 0.0980. The van der Waals surface area contributed by atoms with Crippen LogP contribution in [0.15, 0.2) is 73.8 Å². The number of hydrogen-bond donors (Lipinski definition) is 1. The zero-order valence-electron chi connectivity index (χ0n) is 14.7. The van der Waals surface area contributed by atoms with Crippen molar-refractivity contribution in [1.29, 1.82) is 0 Å². The van der Waals surface area contributed by atoms with Crippen LogP contribution >= 0.6 is 0 Å². The van der Waals surface area contributed by atoms with E-state index >= 15 is 0 Å². The van der Waals surface area contributed by atoms with Crippen LogP contribution in [0, 0.1) is 5.82 Å². The smallest absolute Gasteiger partial charge is 0.411 e. The van der Waals surface area contributed by atoms with Gasteiger partial charge in [-0.1, -0.05) is 36.9 Å². The third kappa shape index (κ3) is 4.61. The van der Waals surface area contributed by atoms with Gasteiger partial charge in [-0.2, -0.15) is 5.10 Å². The molecule has 3 aromatic rings. The molecule has 0 aliphatic heterocycles. The minimum Gasteiger partial charge on any atom is -0.444 e. The average Bonchev–Trinajstić information content (AvgIpc) is 3.17. The number of nitrogens with one attached hydrogen (secondary N) is 1. The molecule has 0 aliphatic rings. The monoisotopic (exact) mass is 381 g/mol. The molecule has 0 unspecified atom stereocenters. The van der Waals surface area contributed by atoms with Crippen molar-refractivity contribution in [2.24, 2.45) is 0 Å². The molecule has 7 nitrogen and oxygen atoms in total. The highest BCUT2D eigenvalue weighted by Crippen LogP contribution is 2.19. The standard InChI is InChI=1S/C20H16FN3O4/c1-2-27-19(25)15-11-22-24(12-15)18-9-8-16(10-17(18)21)23-20(26)28-13-14-6-4-3-5-7-14/h2-12H,1,13H2,(H,23,26). The van der Waals surface area contributed by atoms with Gasteiger partial charge in [0, 0.05) is 11.9 Å². The van der Waals surface area contributed by atoms with Crippen LogP contribution in [0.3, 0.4) is 0 Å². The first-order valence-corrected chi connectivity index (χ1v) is 8.21. The summed E-state index contributed by atoms with van der Waals surface area (Å²) in [7, 11) is 0. The number of benzene rings is 2. The molecule has 3 rings (SSSR count). The first kappa shape index (κ1) is 18.8. The summed E-state index contributed by atoms with van der Waals surface area (Å²) in [5, 5.41) is 6.39. The fourth-order valence-electron chi connectivity index (χ4n) is 2.35. The fraction of sp³-hybridized carbons (Fsp3) is 0.0500. The zero-order valence-corrected chi connectivity index (χ0v) is 14.7. The van der Waals surface area contributed by atoms with Crippen molar-refractivity contribution in [3.8, 4) is 5.69 Å². The van der Waals surface area contributed by atoms with Gasteiger partial charge in [-0.05, 0) is 23.8 Å². The number of rotatable bonds is 6. The van der Waals surface area contributed by atoms with Crippen molar-refractivity contribution in [3.63, 3.8) is 0 Å². The number of nitrogens with zero attached hydrogens (tertiary/aromatic N) is 2. The highest BCUT2D eigenvalue weighted by Gasteiger charge is 2.13. The van der Waals surface area contributed by atoms with E-state index in [4.69, 9.17) is 4.74 Å². The zero-order chi connectivity index (χ0) is 19.9. The van der Waals surface area contributed by atoms with E-state index in [1.165, 1.54) is 29.2 Å². The maximum Gasteiger partial charge on any atom is 0.411 e. The van der Waals surface area contributed by atoms with E-state index in [1.54, 1.807) is 0 Å². The SMILES string of the molecule is C=COC(=O)c1cnn(-c2ccc(NC(=O)OCc3ccccc3)cc2F)c1. The van der Waals surface area contributed by atoms with Gasteiger partial charge in [0.2, 0.25) is 0 Å². The van der Waals surface area contributed by atoms with Gasteiger partial charge in [0.1, 0.15) is 12.3 Å². The first-order chi connectivity index (χ1) is 13.6. The Bertz CT molecular complexity index is 1000. The number of halogens is 1. The van der Waals surface area contributed by atoms with E-state index in [-0.39, 0.29) is 23.5 Å². The Hall–Kier alpha value is -3.94. The minimum atomic E-state index is -0.704. The van der Waals surface area contributed by atoms with Crippen molar-refractivity contribution < 1.29 is 23.5 Å². The van der Waals surface area contributed by atoms with Gasteiger partial charge in [0.15, 0.2) is 5.82 Å². The molecule has 0 atom stereocenters. The number of esters is 1. The van der Waals surface area contributed by atoms with E-state index in [9.17, 15) is 14.0 Å². The molecule has 2 aromatic carbocycles. The molecule has 0 fully saturated rings. The van der Waals surface area contributed by atoms with E-state index in [0.717, 1.165) is 17.9 Å². The molecule has 0 spiro atoms. The Morgan fingerprint density at radius 3 is 2.71 bits per heavy atom. The van der Waals surface area contributed by atoms with Gasteiger partial charge >= 0.3 is 12.1 Å². The molecule has 1 amide bonds. The topological polar surface area (TPSA) is 82.5 Å². The summed E-state index contributed by atoms with van der Waals surface area (Å²) in [6.45, 7) is 3.40. The molecule has 0 saturated carbocycles. The van der Waals surface area contributed by atoms with E-state index in [2.05, 4.69) is 21.7 Å². The van der Waals surface area contributed by atoms with Crippen molar-refractivity contribution in [2.75, 3.05) is 5.32 Å². The number of carbonyl (C=O) groups excluding carboxylic acids is 2. The molecular weight excluding hydrogens is 365 g/mol. The molecule has 0 radical (unpaired) electrons. The number of amides is 1. The third-order valence-electron chi connectivity index (χ3n) is 3.66. The Balaban J connectivity index is 1.64. The largest absolute Gasteiger partial charge is 0.444 e. The summed E-state index contributed by atoms with van der Waals surface area (Å²) < 4.78 is 25.3. The Labute approximate surface area is 160 Å². The van der Waals surface area contributed by atoms with Crippen LogP contribution in [0.2, 0.25) is 0 Å². The van der Waals surface area contributed by atoms with Crippen LogP contribution in [0.4, 0.5) is 14.9 Å².